The Morgan fingerprint density at radius 2 is 2.05 bits per heavy atom. The summed E-state index contributed by atoms with van der Waals surface area (Å²) in [6.45, 7) is 1.82. The molecule has 0 spiro atoms. The van der Waals surface area contributed by atoms with Gasteiger partial charge in [0.2, 0.25) is 5.82 Å². The molecule has 1 aromatic carbocycles. The number of hydrogen-bond donors (Lipinski definition) is 1. The first-order chi connectivity index (χ1) is 10.0. The zero-order valence-corrected chi connectivity index (χ0v) is 11.7. The number of thiazole rings is 1. The predicted molar refractivity (Wildman–Crippen MR) is 73.4 cm³/mol. The number of rotatable bonds is 3. The van der Waals surface area contributed by atoms with Crippen LogP contribution in [0.2, 0.25) is 0 Å². The number of nitrogens with zero attached hydrogens (tertiary/aromatic N) is 3. The Morgan fingerprint density at radius 1 is 1.24 bits per heavy atom. The summed E-state index contributed by atoms with van der Waals surface area (Å²) in [5, 5.41) is 6.24. The number of aromatic nitrogens is 3. The molecule has 0 aliphatic carbocycles. The molecule has 3 aromatic rings. The second kappa shape index (κ2) is 5.30. The van der Waals surface area contributed by atoms with Gasteiger partial charge >= 0.3 is 0 Å². The Balaban J connectivity index is 1.93. The third-order valence-electron chi connectivity index (χ3n) is 2.73. The molecule has 0 saturated heterocycles. The number of hydrogen-bond acceptors (Lipinski definition) is 6. The van der Waals surface area contributed by atoms with Crippen molar-refractivity contribution < 1.29 is 13.3 Å². The molecule has 1 atom stereocenters. The summed E-state index contributed by atoms with van der Waals surface area (Å²) in [5.74, 6) is -1.52. The summed E-state index contributed by atoms with van der Waals surface area (Å²) in [5.41, 5.74) is 6.57. The monoisotopic (exact) mass is 308 g/mol. The minimum atomic E-state index is -0.966. The van der Waals surface area contributed by atoms with Crippen molar-refractivity contribution >= 4 is 11.3 Å². The van der Waals surface area contributed by atoms with Gasteiger partial charge in [0.05, 0.1) is 6.04 Å². The van der Waals surface area contributed by atoms with E-state index in [1.807, 2.05) is 6.92 Å². The highest BCUT2D eigenvalue weighted by Crippen LogP contribution is 2.26. The van der Waals surface area contributed by atoms with E-state index in [0.29, 0.717) is 11.3 Å². The van der Waals surface area contributed by atoms with Gasteiger partial charge in [0.1, 0.15) is 10.7 Å². The van der Waals surface area contributed by atoms with Crippen molar-refractivity contribution in [2.45, 2.75) is 13.0 Å². The Labute approximate surface area is 122 Å². The first-order valence-corrected chi connectivity index (χ1v) is 6.93. The van der Waals surface area contributed by atoms with Crippen molar-refractivity contribution in [2.24, 2.45) is 5.73 Å². The van der Waals surface area contributed by atoms with Crippen LogP contribution in [0.5, 0.6) is 0 Å². The lowest BCUT2D eigenvalue weighted by Gasteiger charge is -1.96. The van der Waals surface area contributed by atoms with E-state index in [0.717, 1.165) is 17.1 Å². The molecule has 5 nitrogen and oxygen atoms in total. The topological polar surface area (TPSA) is 77.8 Å². The fourth-order valence-corrected chi connectivity index (χ4v) is 2.43. The normalized spacial score (nSPS) is 12.6. The van der Waals surface area contributed by atoms with E-state index in [2.05, 4.69) is 15.1 Å². The van der Waals surface area contributed by atoms with Gasteiger partial charge in [-0.15, -0.1) is 11.3 Å². The fraction of sp³-hybridized carbons (Fsp3) is 0.154. The van der Waals surface area contributed by atoms with Crippen molar-refractivity contribution in [3.05, 3.63) is 40.2 Å². The highest BCUT2D eigenvalue weighted by atomic mass is 32.1. The summed E-state index contributed by atoms with van der Waals surface area (Å²) in [7, 11) is 0. The molecule has 1 unspecified atom stereocenters. The van der Waals surface area contributed by atoms with Crippen LogP contribution in [0.1, 0.15) is 18.0 Å². The van der Waals surface area contributed by atoms with Crippen LogP contribution >= 0.6 is 11.3 Å². The molecule has 108 valence electrons. The second-order valence-electron chi connectivity index (χ2n) is 4.41. The van der Waals surface area contributed by atoms with Crippen LogP contribution in [-0.4, -0.2) is 15.1 Å². The number of nitrogens with two attached hydrogens (primary N) is 1. The SMILES string of the molecule is CC(N)c1nc(-c2nc(-c3ccc(F)c(F)c3)no2)cs1. The Morgan fingerprint density at radius 3 is 2.71 bits per heavy atom. The predicted octanol–water partition coefficient (Wildman–Crippen LogP) is 3.16. The molecule has 0 bridgehead atoms. The van der Waals surface area contributed by atoms with E-state index in [-0.39, 0.29) is 17.8 Å². The Hall–Kier alpha value is -2.19. The van der Waals surface area contributed by atoms with Crippen LogP contribution in [0, 0.1) is 11.6 Å². The van der Waals surface area contributed by atoms with E-state index < -0.39 is 11.6 Å². The molecule has 0 saturated carbocycles. The van der Waals surface area contributed by atoms with Gasteiger partial charge in [-0.25, -0.2) is 13.8 Å². The van der Waals surface area contributed by atoms with Crippen molar-refractivity contribution in [3.8, 4) is 23.0 Å². The quantitative estimate of drug-likeness (QED) is 0.804. The number of halogens is 2. The first kappa shape index (κ1) is 13.8. The van der Waals surface area contributed by atoms with Crippen molar-refractivity contribution in [1.82, 2.24) is 15.1 Å². The van der Waals surface area contributed by atoms with Gasteiger partial charge in [-0.1, -0.05) is 5.16 Å². The van der Waals surface area contributed by atoms with E-state index in [1.165, 1.54) is 17.4 Å². The fourth-order valence-electron chi connectivity index (χ4n) is 1.67. The lowest BCUT2D eigenvalue weighted by molar-refractivity contribution is 0.431. The molecule has 0 aliphatic heterocycles. The molecule has 0 aliphatic rings. The maximum Gasteiger partial charge on any atom is 0.277 e. The van der Waals surface area contributed by atoms with Crippen LogP contribution in [0.3, 0.4) is 0 Å². The zero-order valence-electron chi connectivity index (χ0n) is 10.9. The largest absolute Gasteiger partial charge is 0.332 e. The minimum Gasteiger partial charge on any atom is -0.332 e. The van der Waals surface area contributed by atoms with Gasteiger partial charge in [0.25, 0.3) is 5.89 Å². The molecule has 0 radical (unpaired) electrons. The van der Waals surface area contributed by atoms with E-state index in [9.17, 15) is 8.78 Å². The van der Waals surface area contributed by atoms with Crippen LogP contribution < -0.4 is 5.73 Å². The molecule has 0 fully saturated rings. The van der Waals surface area contributed by atoms with Crippen LogP contribution in [0.4, 0.5) is 8.78 Å². The Bertz CT molecular complexity index is 784. The van der Waals surface area contributed by atoms with Crippen molar-refractivity contribution in [2.75, 3.05) is 0 Å². The third-order valence-corrected chi connectivity index (χ3v) is 3.78. The molecule has 0 amide bonds. The molecular formula is C13H10F2N4OS. The zero-order chi connectivity index (χ0) is 15.0. The molecule has 21 heavy (non-hydrogen) atoms. The lowest BCUT2D eigenvalue weighted by atomic mass is 10.2. The maximum absolute atomic E-state index is 13.2. The van der Waals surface area contributed by atoms with Gasteiger partial charge < -0.3 is 10.3 Å². The molecule has 2 N–H and O–H groups in total. The second-order valence-corrected chi connectivity index (χ2v) is 5.30. The molecule has 2 heterocycles. The molecular weight excluding hydrogens is 298 g/mol. The third kappa shape index (κ3) is 2.67. The highest BCUT2D eigenvalue weighted by molar-refractivity contribution is 7.10. The number of benzene rings is 1. The van der Waals surface area contributed by atoms with E-state index >= 15 is 0 Å². The summed E-state index contributed by atoms with van der Waals surface area (Å²) in [4.78, 5) is 8.41. The lowest BCUT2D eigenvalue weighted by Crippen LogP contribution is -2.03. The van der Waals surface area contributed by atoms with Gasteiger partial charge in [-0.05, 0) is 25.1 Å². The highest BCUT2D eigenvalue weighted by Gasteiger charge is 2.16. The van der Waals surface area contributed by atoms with Gasteiger partial charge in [0, 0.05) is 10.9 Å². The summed E-state index contributed by atoms with van der Waals surface area (Å²) >= 11 is 1.39. The van der Waals surface area contributed by atoms with Crippen molar-refractivity contribution in [3.63, 3.8) is 0 Å². The van der Waals surface area contributed by atoms with Crippen LogP contribution in [-0.2, 0) is 0 Å². The first-order valence-electron chi connectivity index (χ1n) is 6.05. The van der Waals surface area contributed by atoms with Gasteiger partial charge in [-0.3, -0.25) is 0 Å². The van der Waals surface area contributed by atoms with E-state index in [1.54, 1.807) is 5.38 Å². The van der Waals surface area contributed by atoms with E-state index in [4.69, 9.17) is 10.3 Å². The summed E-state index contributed by atoms with van der Waals surface area (Å²) in [6, 6.07) is 3.22. The summed E-state index contributed by atoms with van der Waals surface area (Å²) in [6.07, 6.45) is 0. The smallest absolute Gasteiger partial charge is 0.277 e. The minimum absolute atomic E-state index is 0.166. The maximum atomic E-state index is 13.2. The van der Waals surface area contributed by atoms with Gasteiger partial charge in [-0.2, -0.15) is 4.98 Å². The van der Waals surface area contributed by atoms with Crippen LogP contribution in [0.15, 0.2) is 28.1 Å². The standard InChI is InChI=1S/C13H10F2N4OS/c1-6(16)13-17-10(5-21-13)12-18-11(19-20-12)7-2-3-8(14)9(15)4-7/h2-6H,16H2,1H3. The van der Waals surface area contributed by atoms with Crippen molar-refractivity contribution in [1.29, 1.82) is 0 Å². The van der Waals surface area contributed by atoms with Crippen LogP contribution in [0.25, 0.3) is 23.0 Å². The van der Waals surface area contributed by atoms with Gasteiger partial charge in [0.15, 0.2) is 11.6 Å². The average molecular weight is 308 g/mol. The summed E-state index contributed by atoms with van der Waals surface area (Å²) < 4.78 is 31.2. The molecule has 2 aromatic heterocycles. The Kier molecular flexibility index (Phi) is 3.48. The molecule has 8 heteroatoms. The molecule has 3 rings (SSSR count). The average Bonchev–Trinajstić information content (AvgIpc) is 3.09.